The number of nitrogens with zero attached hydrogens (tertiary/aromatic N) is 4. The number of aryl methyl sites for hydroxylation is 1. The SMILES string of the molecule is CCN(CC1CCN(C(=O)Nc2cnn(C)c2)C1)CC(F)(F)F. The Hall–Kier alpha value is -1.77. The van der Waals surface area contributed by atoms with Crippen molar-refractivity contribution in [3.8, 4) is 0 Å². The van der Waals surface area contributed by atoms with Crippen molar-refractivity contribution in [3.05, 3.63) is 12.4 Å². The van der Waals surface area contributed by atoms with Crippen LogP contribution in [0.15, 0.2) is 12.4 Å². The first-order valence-electron chi connectivity index (χ1n) is 7.60. The third-order valence-corrected chi connectivity index (χ3v) is 3.90. The maximum Gasteiger partial charge on any atom is 0.401 e. The van der Waals surface area contributed by atoms with Crippen molar-refractivity contribution >= 4 is 11.7 Å². The molecule has 1 atom stereocenters. The van der Waals surface area contributed by atoms with E-state index in [0.717, 1.165) is 6.42 Å². The molecule has 1 N–H and O–H groups in total. The highest BCUT2D eigenvalue weighted by atomic mass is 19.4. The smallest absolute Gasteiger partial charge is 0.324 e. The molecule has 9 heteroatoms. The highest BCUT2D eigenvalue weighted by molar-refractivity contribution is 5.89. The van der Waals surface area contributed by atoms with E-state index in [9.17, 15) is 18.0 Å². The van der Waals surface area contributed by atoms with Crippen LogP contribution in [0.25, 0.3) is 0 Å². The van der Waals surface area contributed by atoms with Crippen LogP contribution in [0.2, 0.25) is 0 Å². The first-order valence-corrected chi connectivity index (χ1v) is 7.60. The van der Waals surface area contributed by atoms with Crippen LogP contribution < -0.4 is 5.32 Å². The van der Waals surface area contributed by atoms with Crippen LogP contribution >= 0.6 is 0 Å². The summed E-state index contributed by atoms with van der Waals surface area (Å²) in [5.41, 5.74) is 0.605. The molecule has 1 aliphatic heterocycles. The molecule has 1 unspecified atom stereocenters. The molecular formula is C14H22F3N5O. The molecule has 6 nitrogen and oxygen atoms in total. The third-order valence-electron chi connectivity index (χ3n) is 3.90. The van der Waals surface area contributed by atoms with E-state index in [4.69, 9.17) is 0 Å². The molecule has 1 aromatic rings. The minimum absolute atomic E-state index is 0.0666. The number of alkyl halides is 3. The fraction of sp³-hybridized carbons (Fsp3) is 0.714. The largest absolute Gasteiger partial charge is 0.401 e. The lowest BCUT2D eigenvalue weighted by atomic mass is 10.1. The number of hydrogen-bond donors (Lipinski definition) is 1. The Morgan fingerprint density at radius 1 is 1.52 bits per heavy atom. The Morgan fingerprint density at radius 2 is 2.26 bits per heavy atom. The normalized spacial score (nSPS) is 18.7. The quantitative estimate of drug-likeness (QED) is 0.898. The van der Waals surface area contributed by atoms with E-state index in [2.05, 4.69) is 10.4 Å². The molecule has 0 bridgehead atoms. The number of halogens is 3. The van der Waals surface area contributed by atoms with Gasteiger partial charge in [-0.25, -0.2) is 4.79 Å². The summed E-state index contributed by atoms with van der Waals surface area (Å²) in [6, 6.07) is -0.237. The third kappa shape index (κ3) is 5.42. The van der Waals surface area contributed by atoms with Crippen molar-refractivity contribution in [1.82, 2.24) is 19.6 Å². The van der Waals surface area contributed by atoms with Crippen molar-refractivity contribution in [2.45, 2.75) is 19.5 Å². The lowest BCUT2D eigenvalue weighted by Crippen LogP contribution is -2.39. The van der Waals surface area contributed by atoms with Crippen molar-refractivity contribution < 1.29 is 18.0 Å². The minimum Gasteiger partial charge on any atom is -0.324 e. The Bertz CT molecular complexity index is 531. The van der Waals surface area contributed by atoms with Crippen LogP contribution in [0.1, 0.15) is 13.3 Å². The summed E-state index contributed by atoms with van der Waals surface area (Å²) in [5, 5.41) is 6.71. The summed E-state index contributed by atoms with van der Waals surface area (Å²) >= 11 is 0. The van der Waals surface area contributed by atoms with Crippen LogP contribution in [0, 0.1) is 5.92 Å². The number of rotatable bonds is 5. The van der Waals surface area contributed by atoms with Gasteiger partial charge in [-0.1, -0.05) is 6.92 Å². The second kappa shape index (κ2) is 7.20. The number of likely N-dealkylation sites (tertiary alicyclic amines) is 1. The van der Waals surface area contributed by atoms with Gasteiger partial charge in [0.05, 0.1) is 18.4 Å². The van der Waals surface area contributed by atoms with Crippen molar-refractivity contribution in [2.75, 3.05) is 38.0 Å². The molecule has 0 saturated carbocycles. The number of anilines is 1. The molecule has 0 aliphatic carbocycles. The molecule has 0 radical (unpaired) electrons. The lowest BCUT2D eigenvalue weighted by molar-refractivity contribution is -0.146. The number of hydrogen-bond acceptors (Lipinski definition) is 3. The van der Waals surface area contributed by atoms with Crippen LogP contribution in [0.3, 0.4) is 0 Å². The van der Waals surface area contributed by atoms with Gasteiger partial charge in [-0.15, -0.1) is 0 Å². The molecule has 1 saturated heterocycles. The molecule has 1 aliphatic rings. The maximum absolute atomic E-state index is 12.5. The summed E-state index contributed by atoms with van der Waals surface area (Å²) in [6.07, 6.45) is -0.234. The van der Waals surface area contributed by atoms with Crippen LogP contribution in [-0.2, 0) is 7.05 Å². The van der Waals surface area contributed by atoms with Gasteiger partial charge >= 0.3 is 12.2 Å². The van der Waals surface area contributed by atoms with Gasteiger partial charge in [-0.2, -0.15) is 18.3 Å². The zero-order valence-electron chi connectivity index (χ0n) is 13.3. The first kappa shape index (κ1) is 17.6. The maximum atomic E-state index is 12.5. The highest BCUT2D eigenvalue weighted by Crippen LogP contribution is 2.22. The number of aromatic nitrogens is 2. The molecule has 2 rings (SSSR count). The average molecular weight is 333 g/mol. The second-order valence-corrected chi connectivity index (χ2v) is 5.88. The van der Waals surface area contributed by atoms with Gasteiger partial charge in [-0.05, 0) is 18.9 Å². The number of urea groups is 1. The van der Waals surface area contributed by atoms with Crippen LogP contribution in [0.4, 0.5) is 23.7 Å². The molecule has 0 spiro atoms. The molecule has 1 fully saturated rings. The first-order chi connectivity index (χ1) is 10.8. The van der Waals surface area contributed by atoms with Gasteiger partial charge in [-0.3, -0.25) is 9.58 Å². The Labute approximate surface area is 133 Å². The Kier molecular flexibility index (Phi) is 5.51. The zero-order valence-corrected chi connectivity index (χ0v) is 13.3. The number of carbonyl (C=O) groups is 1. The Balaban J connectivity index is 1.81. The van der Waals surface area contributed by atoms with E-state index in [0.29, 0.717) is 31.9 Å². The lowest BCUT2D eigenvalue weighted by Gasteiger charge is -2.25. The highest BCUT2D eigenvalue weighted by Gasteiger charge is 2.33. The number of amides is 2. The van der Waals surface area contributed by atoms with Gasteiger partial charge in [0.25, 0.3) is 0 Å². The summed E-state index contributed by atoms with van der Waals surface area (Å²) in [4.78, 5) is 15.2. The monoisotopic (exact) mass is 333 g/mol. The predicted molar refractivity (Wildman–Crippen MR) is 80.1 cm³/mol. The molecule has 130 valence electrons. The summed E-state index contributed by atoms with van der Waals surface area (Å²) in [7, 11) is 1.75. The topological polar surface area (TPSA) is 53.4 Å². The van der Waals surface area contributed by atoms with Gasteiger partial charge in [0.15, 0.2) is 0 Å². The number of carbonyl (C=O) groups excluding carboxylic acids is 1. The van der Waals surface area contributed by atoms with Gasteiger partial charge in [0.2, 0.25) is 0 Å². The Morgan fingerprint density at radius 3 is 2.83 bits per heavy atom. The van der Waals surface area contributed by atoms with Gasteiger partial charge < -0.3 is 10.2 Å². The molecule has 2 heterocycles. The fourth-order valence-corrected chi connectivity index (χ4v) is 2.78. The van der Waals surface area contributed by atoms with Gasteiger partial charge in [0, 0.05) is 32.9 Å². The van der Waals surface area contributed by atoms with E-state index in [1.165, 1.54) is 4.90 Å². The van der Waals surface area contributed by atoms with E-state index in [-0.39, 0.29) is 11.9 Å². The standard InChI is InChI=1S/C14H22F3N5O/c1-3-21(10-14(15,16)17)7-11-4-5-22(8-11)13(23)19-12-6-18-20(2)9-12/h6,9,11H,3-5,7-8,10H2,1-2H3,(H,19,23). The molecule has 0 aromatic carbocycles. The number of nitrogens with one attached hydrogen (secondary N) is 1. The molecule has 1 aromatic heterocycles. The zero-order chi connectivity index (χ0) is 17.0. The van der Waals surface area contributed by atoms with Crippen LogP contribution in [-0.4, -0.2) is 64.5 Å². The van der Waals surface area contributed by atoms with E-state index in [1.807, 2.05) is 0 Å². The molecule has 23 heavy (non-hydrogen) atoms. The average Bonchev–Trinajstić information content (AvgIpc) is 3.06. The summed E-state index contributed by atoms with van der Waals surface area (Å²) < 4.78 is 39.1. The predicted octanol–water partition coefficient (Wildman–Crippen LogP) is 2.16. The van der Waals surface area contributed by atoms with Crippen molar-refractivity contribution in [1.29, 1.82) is 0 Å². The molecular weight excluding hydrogens is 311 g/mol. The van der Waals surface area contributed by atoms with E-state index >= 15 is 0 Å². The van der Waals surface area contributed by atoms with Gasteiger partial charge in [0.1, 0.15) is 0 Å². The summed E-state index contributed by atoms with van der Waals surface area (Å²) in [5.74, 6) is 0.0666. The second-order valence-electron chi connectivity index (χ2n) is 5.88. The minimum atomic E-state index is -4.19. The van der Waals surface area contributed by atoms with Crippen molar-refractivity contribution in [3.63, 3.8) is 0 Å². The molecule has 2 amide bonds. The van der Waals surface area contributed by atoms with E-state index in [1.54, 1.807) is 35.9 Å². The summed E-state index contributed by atoms with van der Waals surface area (Å²) in [6.45, 7) is 2.54. The fourth-order valence-electron chi connectivity index (χ4n) is 2.78. The van der Waals surface area contributed by atoms with Crippen molar-refractivity contribution in [2.24, 2.45) is 13.0 Å². The van der Waals surface area contributed by atoms with E-state index < -0.39 is 12.7 Å². The van der Waals surface area contributed by atoms with Crippen LogP contribution in [0.5, 0.6) is 0 Å².